The van der Waals surface area contributed by atoms with Gasteiger partial charge in [-0.3, -0.25) is 18.6 Å². The zero-order chi connectivity index (χ0) is 69.7. The lowest BCUT2D eigenvalue weighted by molar-refractivity contribution is -0.870. The number of phosphoric acid groups is 1. The first-order chi connectivity index (χ1) is 47.0. The Balaban J connectivity index is 4.16. The van der Waals surface area contributed by atoms with Crippen molar-refractivity contribution < 1.29 is 42.1 Å². The minimum Gasteiger partial charge on any atom is -0.462 e. The smallest absolute Gasteiger partial charge is 0.462 e. The van der Waals surface area contributed by atoms with Crippen molar-refractivity contribution >= 4 is 19.8 Å². The Hall–Kier alpha value is -5.41. The normalized spacial score (nSPS) is 14.3. The second kappa shape index (κ2) is 73.8. The molecule has 2 atom stereocenters. The zero-order valence-corrected chi connectivity index (χ0v) is 62.4. The maximum atomic E-state index is 12.9. The minimum absolute atomic E-state index is 0.0131. The van der Waals surface area contributed by atoms with Gasteiger partial charge in [-0.2, -0.15) is 0 Å². The molecule has 0 bridgehead atoms. The van der Waals surface area contributed by atoms with E-state index in [0.717, 1.165) is 141 Å². The molecule has 0 spiro atoms. The number of nitrogens with zero attached hydrogens (tertiary/aromatic N) is 1. The van der Waals surface area contributed by atoms with Crippen molar-refractivity contribution in [1.29, 1.82) is 0 Å². The summed E-state index contributed by atoms with van der Waals surface area (Å²) in [5, 5.41) is 0. The Morgan fingerprint density at radius 2 is 0.562 bits per heavy atom. The molecule has 10 heteroatoms. The average molecular weight is 1350 g/mol. The molecule has 0 fully saturated rings. The highest BCUT2D eigenvalue weighted by atomic mass is 31.2. The maximum Gasteiger partial charge on any atom is 0.472 e. The number of hydrogen-bond donors (Lipinski definition) is 1. The van der Waals surface area contributed by atoms with E-state index in [0.29, 0.717) is 17.4 Å². The first-order valence-electron chi connectivity index (χ1n) is 37.8. The van der Waals surface area contributed by atoms with Gasteiger partial charge in [-0.25, -0.2) is 4.57 Å². The van der Waals surface area contributed by atoms with Crippen molar-refractivity contribution in [3.63, 3.8) is 0 Å². The largest absolute Gasteiger partial charge is 0.472 e. The Labute approximate surface area is 589 Å². The number of carbonyl (C=O) groups is 2. The van der Waals surface area contributed by atoms with Crippen LogP contribution in [0.1, 0.15) is 271 Å². The SMILES string of the molecule is CC/C=C\C/C=C\C/C=C\C/C=C\C/C=C\C/C=C\C/C=C\C/C=C\C/C=C\C/C=C\C/C=C\C/C=C\CCCCC(=O)OC(COC(=O)CCCCCCCCCCCCCCCCCCC/C=C\C/C=C\C/C=C\C/C=C\C/C=C\CC)COP(=O)(O)OCC[N+](C)(C)C. The van der Waals surface area contributed by atoms with E-state index in [-0.39, 0.29) is 32.0 Å². The summed E-state index contributed by atoms with van der Waals surface area (Å²) in [7, 11) is 1.43. The Morgan fingerprint density at radius 1 is 0.323 bits per heavy atom. The van der Waals surface area contributed by atoms with Gasteiger partial charge in [-0.15, -0.1) is 0 Å². The number of unbranched alkanes of at least 4 members (excludes halogenated alkanes) is 19. The van der Waals surface area contributed by atoms with Gasteiger partial charge in [0.15, 0.2) is 6.10 Å². The molecule has 0 aliphatic carbocycles. The van der Waals surface area contributed by atoms with E-state index < -0.39 is 26.5 Å². The predicted molar refractivity (Wildman–Crippen MR) is 417 cm³/mol. The van der Waals surface area contributed by atoms with Crippen LogP contribution in [0.15, 0.2) is 207 Å². The van der Waals surface area contributed by atoms with Crippen LogP contribution in [0.2, 0.25) is 0 Å². The standard InChI is InChI=1S/C86H138NO8P/c1-6-8-10-12-14-16-18-20-22-24-26-28-30-32-34-36-38-40-41-42-43-44-45-47-49-51-53-55-57-59-61-63-65-67-69-71-73-75-77-79-86(89)95-84(83-94-96(90,91)93-81-80-87(3,4)5)82-92-85(88)78-76-74-72-70-68-66-64-62-60-58-56-54-52-50-48-46-39-37-35-33-31-29-27-25-23-21-19-17-15-13-11-9-7-2/h8-11,14-17,20-23,26-29,32-35,38,40,42-43,45,47,51,53,57,59,63,65,69,71,84H,6-7,12-13,18-19,24-25,30-31,36-37,39,41,44,46,48-50,52,54-56,58,60-62,64,66-68,70,72-83H2,1-5H3/p+1/b10-8-,11-9-,16-14-,17-15-,22-20-,23-21-,28-26-,29-27-,34-32-,35-33-,40-38-,43-42-,47-45-,53-51-,59-57-,65-63-,71-69-. The lowest BCUT2D eigenvalue weighted by Crippen LogP contribution is -2.37. The average Bonchev–Trinajstić information content (AvgIpc) is 1.98. The van der Waals surface area contributed by atoms with Gasteiger partial charge in [0, 0.05) is 12.8 Å². The Kier molecular flexibility index (Phi) is 69.7. The number of carbonyl (C=O) groups excluding carboxylic acids is 2. The molecule has 0 saturated heterocycles. The van der Waals surface area contributed by atoms with E-state index >= 15 is 0 Å². The number of quaternary nitrogens is 1. The fourth-order valence-electron chi connectivity index (χ4n) is 9.61. The molecule has 0 heterocycles. The number of ether oxygens (including phenoxy) is 2. The van der Waals surface area contributed by atoms with E-state index in [2.05, 4.69) is 220 Å². The van der Waals surface area contributed by atoms with E-state index in [1.165, 1.54) is 96.3 Å². The van der Waals surface area contributed by atoms with Crippen LogP contribution in [-0.2, 0) is 32.7 Å². The summed E-state index contributed by atoms with van der Waals surface area (Å²) in [4.78, 5) is 35.9. The number of rotatable bonds is 67. The third-order valence-electron chi connectivity index (χ3n) is 15.3. The van der Waals surface area contributed by atoms with Gasteiger partial charge in [0.1, 0.15) is 19.8 Å². The van der Waals surface area contributed by atoms with Crippen LogP contribution in [0.5, 0.6) is 0 Å². The molecular weight excluding hydrogens is 1210 g/mol. The lowest BCUT2D eigenvalue weighted by atomic mass is 10.0. The maximum absolute atomic E-state index is 12.9. The molecule has 0 aromatic rings. The first kappa shape index (κ1) is 90.6. The molecule has 9 nitrogen and oxygen atoms in total. The molecule has 0 saturated carbocycles. The van der Waals surface area contributed by atoms with Gasteiger partial charge in [-0.05, 0) is 148 Å². The van der Waals surface area contributed by atoms with Gasteiger partial charge in [0.25, 0.3) is 0 Å². The van der Waals surface area contributed by atoms with Crippen molar-refractivity contribution in [2.75, 3.05) is 47.5 Å². The number of allylic oxidation sites excluding steroid dienone is 34. The summed E-state index contributed by atoms with van der Waals surface area (Å²) >= 11 is 0. The molecule has 2 unspecified atom stereocenters. The van der Waals surface area contributed by atoms with Crippen LogP contribution in [0.3, 0.4) is 0 Å². The molecule has 0 rings (SSSR count). The molecule has 96 heavy (non-hydrogen) atoms. The highest BCUT2D eigenvalue weighted by molar-refractivity contribution is 7.47. The van der Waals surface area contributed by atoms with Crippen LogP contribution < -0.4 is 0 Å². The summed E-state index contributed by atoms with van der Waals surface area (Å²) in [6.07, 6.45) is 117. The second-order valence-electron chi connectivity index (χ2n) is 25.6. The van der Waals surface area contributed by atoms with Crippen molar-refractivity contribution in [2.45, 2.75) is 277 Å². The molecule has 0 radical (unpaired) electrons. The van der Waals surface area contributed by atoms with E-state index in [1.54, 1.807) is 0 Å². The van der Waals surface area contributed by atoms with Gasteiger partial charge in [-0.1, -0.05) is 317 Å². The Bertz CT molecular complexity index is 2380. The summed E-state index contributed by atoms with van der Waals surface area (Å²) in [5.41, 5.74) is 0. The molecule has 0 aliphatic heterocycles. The molecule has 0 amide bonds. The monoisotopic (exact) mass is 1350 g/mol. The van der Waals surface area contributed by atoms with Crippen molar-refractivity contribution in [3.8, 4) is 0 Å². The van der Waals surface area contributed by atoms with Crippen LogP contribution in [-0.4, -0.2) is 74.9 Å². The zero-order valence-electron chi connectivity index (χ0n) is 61.5. The van der Waals surface area contributed by atoms with Gasteiger partial charge < -0.3 is 18.9 Å². The predicted octanol–water partition coefficient (Wildman–Crippen LogP) is 25.4. The van der Waals surface area contributed by atoms with Crippen molar-refractivity contribution in [2.24, 2.45) is 0 Å². The van der Waals surface area contributed by atoms with Crippen molar-refractivity contribution in [3.05, 3.63) is 207 Å². The topological polar surface area (TPSA) is 108 Å². The molecule has 0 aromatic heterocycles. The second-order valence-corrected chi connectivity index (χ2v) is 27.0. The molecule has 0 aromatic carbocycles. The summed E-state index contributed by atoms with van der Waals surface area (Å²) in [5.74, 6) is -0.858. The van der Waals surface area contributed by atoms with Crippen LogP contribution in [0.25, 0.3) is 0 Å². The number of esters is 2. The quantitative estimate of drug-likeness (QED) is 0.0211. The minimum atomic E-state index is -4.42. The third-order valence-corrected chi connectivity index (χ3v) is 16.3. The number of phosphoric ester groups is 1. The van der Waals surface area contributed by atoms with Gasteiger partial charge in [0.05, 0.1) is 27.7 Å². The van der Waals surface area contributed by atoms with E-state index in [4.69, 9.17) is 18.5 Å². The van der Waals surface area contributed by atoms with Crippen LogP contribution in [0.4, 0.5) is 0 Å². The lowest BCUT2D eigenvalue weighted by Gasteiger charge is -2.24. The first-order valence-corrected chi connectivity index (χ1v) is 39.3. The summed E-state index contributed by atoms with van der Waals surface area (Å²) < 4.78 is 34.7. The fraction of sp³-hybridized carbons (Fsp3) is 0.581. The molecule has 1 N–H and O–H groups in total. The molecule has 540 valence electrons. The summed E-state index contributed by atoms with van der Waals surface area (Å²) in [6, 6.07) is 0. The van der Waals surface area contributed by atoms with Gasteiger partial charge >= 0.3 is 19.8 Å². The Morgan fingerprint density at radius 3 is 0.854 bits per heavy atom. The van der Waals surface area contributed by atoms with E-state index in [1.807, 2.05) is 21.1 Å². The third kappa shape index (κ3) is 77.6. The highest BCUT2D eigenvalue weighted by Gasteiger charge is 2.27. The molecular formula is C86H139NO8P+. The molecule has 0 aliphatic rings. The number of hydrogen-bond acceptors (Lipinski definition) is 7. The van der Waals surface area contributed by atoms with Crippen LogP contribution in [0, 0.1) is 0 Å². The van der Waals surface area contributed by atoms with Crippen molar-refractivity contribution in [1.82, 2.24) is 0 Å². The fourth-order valence-corrected chi connectivity index (χ4v) is 10.4. The summed E-state index contributed by atoms with van der Waals surface area (Å²) in [6.45, 7) is 4.14. The number of likely N-dealkylation sites (N-methyl/N-ethyl adjacent to an activating group) is 1. The highest BCUT2D eigenvalue weighted by Crippen LogP contribution is 2.43. The van der Waals surface area contributed by atoms with E-state index in [9.17, 15) is 19.0 Å². The van der Waals surface area contributed by atoms with Gasteiger partial charge in [0.2, 0.25) is 0 Å². The van der Waals surface area contributed by atoms with Crippen LogP contribution >= 0.6 is 7.82 Å².